The average molecular weight is 279 g/mol. The summed E-state index contributed by atoms with van der Waals surface area (Å²) in [5.41, 5.74) is 1.71. The summed E-state index contributed by atoms with van der Waals surface area (Å²) < 4.78 is 25.2. The fourth-order valence-corrected chi connectivity index (χ4v) is 3.29. The number of imidazole rings is 1. The summed E-state index contributed by atoms with van der Waals surface area (Å²) in [6.45, 7) is 1.02. The van der Waals surface area contributed by atoms with Crippen LogP contribution in [-0.4, -0.2) is 30.8 Å². The van der Waals surface area contributed by atoms with Crippen molar-refractivity contribution in [2.75, 3.05) is 12.8 Å². The molecule has 1 fully saturated rings. The molecule has 5 nitrogen and oxygen atoms in total. The van der Waals surface area contributed by atoms with E-state index in [4.69, 9.17) is 0 Å². The minimum absolute atomic E-state index is 0.277. The molecule has 0 radical (unpaired) electrons. The lowest BCUT2D eigenvalue weighted by atomic mass is 10.2. The molecule has 102 valence electrons. The third-order valence-electron chi connectivity index (χ3n) is 3.69. The molecule has 6 heteroatoms. The number of benzene rings is 1. The summed E-state index contributed by atoms with van der Waals surface area (Å²) in [4.78, 5) is 4.93. The molecule has 0 saturated carbocycles. The van der Waals surface area contributed by atoms with Gasteiger partial charge in [-0.1, -0.05) is 0 Å². The highest BCUT2D eigenvalue weighted by molar-refractivity contribution is 7.90. The maximum Gasteiger partial charge on any atom is 0.175 e. The van der Waals surface area contributed by atoms with Gasteiger partial charge in [-0.3, -0.25) is 0 Å². The van der Waals surface area contributed by atoms with Crippen molar-refractivity contribution >= 4 is 20.9 Å². The molecule has 0 amide bonds. The van der Waals surface area contributed by atoms with Crippen LogP contribution in [0.15, 0.2) is 23.1 Å². The second kappa shape index (κ2) is 4.31. The summed E-state index contributed by atoms with van der Waals surface area (Å²) in [6.07, 6.45) is 3.45. The van der Waals surface area contributed by atoms with E-state index in [2.05, 4.69) is 10.3 Å². The van der Waals surface area contributed by atoms with Gasteiger partial charge in [-0.25, -0.2) is 13.4 Å². The zero-order valence-corrected chi connectivity index (χ0v) is 11.9. The summed E-state index contributed by atoms with van der Waals surface area (Å²) in [5.74, 6) is 0.984. The minimum Gasteiger partial charge on any atom is -0.330 e. The summed E-state index contributed by atoms with van der Waals surface area (Å²) in [6, 6.07) is 5.41. The highest BCUT2D eigenvalue weighted by Crippen LogP contribution is 2.26. The Morgan fingerprint density at radius 2 is 2.21 bits per heavy atom. The van der Waals surface area contributed by atoms with Gasteiger partial charge < -0.3 is 9.88 Å². The van der Waals surface area contributed by atoms with Gasteiger partial charge in [-0.2, -0.15) is 0 Å². The lowest BCUT2D eigenvalue weighted by Crippen LogP contribution is -2.16. The number of sulfone groups is 1. The van der Waals surface area contributed by atoms with Crippen molar-refractivity contribution in [2.24, 2.45) is 7.05 Å². The predicted molar refractivity (Wildman–Crippen MR) is 73.8 cm³/mol. The fraction of sp³-hybridized carbons (Fsp3) is 0.462. The molecule has 3 rings (SSSR count). The highest BCUT2D eigenvalue weighted by Gasteiger charge is 2.22. The number of nitrogens with zero attached hydrogens (tertiary/aromatic N) is 2. The lowest BCUT2D eigenvalue weighted by molar-refractivity contribution is 0.584. The number of rotatable bonds is 2. The molecule has 1 aromatic carbocycles. The van der Waals surface area contributed by atoms with E-state index >= 15 is 0 Å². The Kier molecular flexibility index (Phi) is 2.87. The molecule has 0 spiro atoms. The first kappa shape index (κ1) is 12.6. The molecule has 0 bridgehead atoms. The van der Waals surface area contributed by atoms with E-state index in [1.807, 2.05) is 17.7 Å². The molecule has 1 aromatic heterocycles. The van der Waals surface area contributed by atoms with E-state index in [1.165, 1.54) is 6.26 Å². The zero-order valence-electron chi connectivity index (χ0n) is 11.0. The van der Waals surface area contributed by atoms with Crippen molar-refractivity contribution < 1.29 is 8.42 Å². The second-order valence-electron chi connectivity index (χ2n) is 5.10. The first-order valence-electron chi connectivity index (χ1n) is 6.36. The van der Waals surface area contributed by atoms with Crippen molar-refractivity contribution in [1.82, 2.24) is 14.9 Å². The van der Waals surface area contributed by atoms with E-state index in [-0.39, 0.29) is 6.04 Å². The van der Waals surface area contributed by atoms with Gasteiger partial charge in [-0.15, -0.1) is 0 Å². The number of aromatic nitrogens is 2. The maximum atomic E-state index is 11.6. The van der Waals surface area contributed by atoms with Crippen molar-refractivity contribution in [2.45, 2.75) is 23.8 Å². The van der Waals surface area contributed by atoms with Gasteiger partial charge in [0.2, 0.25) is 0 Å². The SMILES string of the molecule is Cn1c(C2CCCN2)nc2cc(S(C)(=O)=O)ccc21. The Balaban J connectivity index is 2.15. The van der Waals surface area contributed by atoms with Crippen LogP contribution >= 0.6 is 0 Å². The molecule has 2 aromatic rings. The number of nitrogens with one attached hydrogen (secondary N) is 1. The monoisotopic (exact) mass is 279 g/mol. The van der Waals surface area contributed by atoms with Crippen LogP contribution in [0.5, 0.6) is 0 Å². The van der Waals surface area contributed by atoms with Gasteiger partial charge in [0.05, 0.1) is 22.0 Å². The lowest BCUT2D eigenvalue weighted by Gasteiger charge is -2.09. The van der Waals surface area contributed by atoms with Gasteiger partial charge in [0.25, 0.3) is 0 Å². The highest BCUT2D eigenvalue weighted by atomic mass is 32.2. The van der Waals surface area contributed by atoms with Gasteiger partial charge in [0, 0.05) is 13.3 Å². The van der Waals surface area contributed by atoms with Gasteiger partial charge in [0.15, 0.2) is 9.84 Å². The number of hydrogen-bond acceptors (Lipinski definition) is 4. The summed E-state index contributed by atoms with van der Waals surface area (Å²) in [7, 11) is -1.20. The van der Waals surface area contributed by atoms with Crippen LogP contribution in [0.1, 0.15) is 24.7 Å². The van der Waals surface area contributed by atoms with Crippen LogP contribution in [0.4, 0.5) is 0 Å². The quantitative estimate of drug-likeness (QED) is 0.902. The Bertz CT molecular complexity index is 728. The zero-order chi connectivity index (χ0) is 13.6. The van der Waals surface area contributed by atoms with Crippen LogP contribution in [0.2, 0.25) is 0 Å². The van der Waals surface area contributed by atoms with E-state index in [0.717, 1.165) is 36.2 Å². The summed E-state index contributed by atoms with van der Waals surface area (Å²) in [5, 5.41) is 3.42. The minimum atomic E-state index is -3.18. The van der Waals surface area contributed by atoms with Crippen molar-refractivity contribution in [3.63, 3.8) is 0 Å². The van der Waals surface area contributed by atoms with Crippen molar-refractivity contribution in [3.05, 3.63) is 24.0 Å². The molecule has 1 N–H and O–H groups in total. The van der Waals surface area contributed by atoms with Crippen LogP contribution in [0, 0.1) is 0 Å². The van der Waals surface area contributed by atoms with Gasteiger partial charge in [0.1, 0.15) is 5.82 Å². The largest absolute Gasteiger partial charge is 0.330 e. The van der Waals surface area contributed by atoms with Crippen LogP contribution in [0.3, 0.4) is 0 Å². The van der Waals surface area contributed by atoms with E-state index in [1.54, 1.807) is 12.1 Å². The fourth-order valence-electron chi connectivity index (χ4n) is 2.65. The first-order valence-corrected chi connectivity index (χ1v) is 8.26. The van der Waals surface area contributed by atoms with E-state index in [9.17, 15) is 8.42 Å². The molecule has 1 unspecified atom stereocenters. The Morgan fingerprint density at radius 3 is 2.84 bits per heavy atom. The van der Waals surface area contributed by atoms with Crippen LogP contribution in [-0.2, 0) is 16.9 Å². The molecule has 0 aliphatic carbocycles. The third kappa shape index (κ3) is 2.15. The van der Waals surface area contributed by atoms with E-state index in [0.29, 0.717) is 4.90 Å². The average Bonchev–Trinajstić information content (AvgIpc) is 2.96. The van der Waals surface area contributed by atoms with E-state index < -0.39 is 9.84 Å². The van der Waals surface area contributed by atoms with Gasteiger partial charge >= 0.3 is 0 Å². The van der Waals surface area contributed by atoms with Crippen molar-refractivity contribution in [1.29, 1.82) is 0 Å². The Labute approximate surface area is 112 Å². The number of aryl methyl sites for hydroxylation is 1. The molecule has 1 aliphatic rings. The van der Waals surface area contributed by atoms with Gasteiger partial charge in [-0.05, 0) is 37.6 Å². The third-order valence-corrected chi connectivity index (χ3v) is 4.80. The van der Waals surface area contributed by atoms with Crippen molar-refractivity contribution in [3.8, 4) is 0 Å². The molecule has 1 saturated heterocycles. The van der Waals surface area contributed by atoms with Crippen LogP contribution < -0.4 is 5.32 Å². The molecule has 19 heavy (non-hydrogen) atoms. The predicted octanol–water partition coefficient (Wildman–Crippen LogP) is 1.40. The normalized spacial score (nSPS) is 20.2. The molecule has 2 heterocycles. The topological polar surface area (TPSA) is 64.0 Å². The maximum absolute atomic E-state index is 11.6. The van der Waals surface area contributed by atoms with Crippen LogP contribution in [0.25, 0.3) is 11.0 Å². The molecule has 1 aliphatic heterocycles. The molecule has 1 atom stereocenters. The molecular weight excluding hydrogens is 262 g/mol. The number of hydrogen-bond donors (Lipinski definition) is 1. The molecular formula is C13H17N3O2S. The smallest absolute Gasteiger partial charge is 0.175 e. The summed E-state index contributed by atoms with van der Waals surface area (Å²) >= 11 is 0. The Hall–Kier alpha value is -1.40. The number of fused-ring (bicyclic) bond motifs is 1. The second-order valence-corrected chi connectivity index (χ2v) is 7.12. The Morgan fingerprint density at radius 1 is 1.42 bits per heavy atom. The standard InChI is InChI=1S/C13H17N3O2S/c1-16-12-6-5-9(19(2,17)18)8-11(12)15-13(16)10-4-3-7-14-10/h5-6,8,10,14H,3-4,7H2,1-2H3. The first-order chi connectivity index (χ1) is 8.97.